The summed E-state index contributed by atoms with van der Waals surface area (Å²) in [6.45, 7) is 4.06. The molecule has 0 aliphatic carbocycles. The lowest BCUT2D eigenvalue weighted by molar-refractivity contribution is 0.692. The maximum atomic E-state index is 4.57. The first-order valence-corrected chi connectivity index (χ1v) is 8.62. The third-order valence-electron chi connectivity index (χ3n) is 3.52. The molecule has 1 aliphatic rings. The van der Waals surface area contributed by atoms with E-state index in [0.717, 1.165) is 32.0 Å². The number of thiophene rings is 1. The number of aromatic nitrogens is 1. The topological polar surface area (TPSA) is 28.2 Å². The van der Waals surface area contributed by atoms with Gasteiger partial charge in [0.2, 0.25) is 0 Å². The first-order valence-electron chi connectivity index (χ1n) is 6.95. The zero-order chi connectivity index (χ0) is 13.8. The maximum absolute atomic E-state index is 4.57. The van der Waals surface area contributed by atoms with Gasteiger partial charge in [0.25, 0.3) is 0 Å². The Morgan fingerprint density at radius 2 is 2.00 bits per heavy atom. The van der Waals surface area contributed by atoms with Crippen LogP contribution in [0.2, 0.25) is 0 Å². The summed E-state index contributed by atoms with van der Waals surface area (Å²) in [6, 6.07) is 6.48. The van der Waals surface area contributed by atoms with E-state index in [9.17, 15) is 0 Å². The molecule has 1 fully saturated rings. The quantitative estimate of drug-likeness (QED) is 0.887. The lowest BCUT2D eigenvalue weighted by Gasteiger charge is -2.16. The average Bonchev–Trinajstić information content (AvgIpc) is 3.11. The predicted molar refractivity (Wildman–Crippen MR) is 88.2 cm³/mol. The number of nitrogens with one attached hydrogen (secondary N) is 1. The first-order chi connectivity index (χ1) is 9.81. The summed E-state index contributed by atoms with van der Waals surface area (Å²) in [5.41, 5.74) is 2.56. The van der Waals surface area contributed by atoms with Crippen LogP contribution < -0.4 is 10.2 Å². The maximum Gasteiger partial charge on any atom is 0.128 e. The number of hydrogen-bond acceptors (Lipinski definition) is 4. The largest absolute Gasteiger partial charge is 0.357 e. The Morgan fingerprint density at radius 3 is 2.65 bits per heavy atom. The molecule has 1 saturated heterocycles. The smallest absolute Gasteiger partial charge is 0.128 e. The van der Waals surface area contributed by atoms with Crippen molar-refractivity contribution in [3.8, 4) is 0 Å². The highest BCUT2D eigenvalue weighted by atomic mass is 79.9. The molecule has 3 nitrogen and oxygen atoms in total. The van der Waals surface area contributed by atoms with Crippen molar-refractivity contribution >= 4 is 33.1 Å². The Bertz CT molecular complexity index is 547. The van der Waals surface area contributed by atoms with Gasteiger partial charge in [-0.05, 0) is 57.4 Å². The highest BCUT2D eigenvalue weighted by Gasteiger charge is 2.12. The van der Waals surface area contributed by atoms with Crippen molar-refractivity contribution in [3.63, 3.8) is 0 Å². The van der Waals surface area contributed by atoms with E-state index in [1.165, 1.54) is 27.8 Å². The van der Waals surface area contributed by atoms with E-state index in [-0.39, 0.29) is 0 Å². The number of hydrogen-bond donors (Lipinski definition) is 1. The average molecular weight is 352 g/mol. The van der Waals surface area contributed by atoms with Gasteiger partial charge < -0.3 is 10.2 Å². The van der Waals surface area contributed by atoms with Gasteiger partial charge >= 0.3 is 0 Å². The second-order valence-electron chi connectivity index (χ2n) is 5.08. The van der Waals surface area contributed by atoms with Gasteiger partial charge in [-0.2, -0.15) is 0 Å². The standard InChI is InChI=1S/C15H18BrN3S/c16-14-7-13(11-20-14)9-17-8-12-3-4-15(18-10-12)19-5-1-2-6-19/h3-4,7,10-11,17H,1-2,5-6,8-9H2. The van der Waals surface area contributed by atoms with E-state index in [1.54, 1.807) is 11.3 Å². The molecular weight excluding hydrogens is 334 g/mol. The van der Waals surface area contributed by atoms with Crippen LogP contribution in [0.5, 0.6) is 0 Å². The summed E-state index contributed by atoms with van der Waals surface area (Å²) in [6.07, 6.45) is 4.58. The predicted octanol–water partition coefficient (Wildman–Crippen LogP) is 3.80. The summed E-state index contributed by atoms with van der Waals surface area (Å²) >= 11 is 5.21. The molecule has 0 atom stereocenters. The Morgan fingerprint density at radius 1 is 1.20 bits per heavy atom. The number of rotatable bonds is 5. The summed E-state index contributed by atoms with van der Waals surface area (Å²) in [7, 11) is 0. The van der Waals surface area contributed by atoms with Gasteiger partial charge in [-0.3, -0.25) is 0 Å². The first kappa shape index (κ1) is 14.0. The van der Waals surface area contributed by atoms with E-state index in [0.29, 0.717) is 0 Å². The van der Waals surface area contributed by atoms with Crippen LogP contribution in [0, 0.1) is 0 Å². The molecule has 0 saturated carbocycles. The van der Waals surface area contributed by atoms with Crippen molar-refractivity contribution in [2.75, 3.05) is 18.0 Å². The van der Waals surface area contributed by atoms with Crippen LogP contribution in [-0.4, -0.2) is 18.1 Å². The van der Waals surface area contributed by atoms with Crippen LogP contribution >= 0.6 is 27.3 Å². The minimum Gasteiger partial charge on any atom is -0.357 e. The highest BCUT2D eigenvalue weighted by molar-refractivity contribution is 9.11. The summed E-state index contributed by atoms with van der Waals surface area (Å²) in [5, 5.41) is 5.62. The van der Waals surface area contributed by atoms with Crippen molar-refractivity contribution in [1.82, 2.24) is 10.3 Å². The number of halogens is 1. The van der Waals surface area contributed by atoms with E-state index in [2.05, 4.69) is 54.7 Å². The fraction of sp³-hybridized carbons (Fsp3) is 0.400. The molecule has 2 aromatic rings. The van der Waals surface area contributed by atoms with Gasteiger partial charge in [-0.15, -0.1) is 11.3 Å². The van der Waals surface area contributed by atoms with Crippen LogP contribution in [0.4, 0.5) is 5.82 Å². The molecular formula is C15H18BrN3S. The van der Waals surface area contributed by atoms with Gasteiger partial charge in [0.1, 0.15) is 5.82 Å². The van der Waals surface area contributed by atoms with Crippen LogP contribution in [0.3, 0.4) is 0 Å². The molecule has 0 unspecified atom stereocenters. The molecule has 3 rings (SSSR count). The Hall–Kier alpha value is -0.910. The Balaban J connectivity index is 1.50. The van der Waals surface area contributed by atoms with Gasteiger partial charge in [-0.1, -0.05) is 6.07 Å². The van der Waals surface area contributed by atoms with Gasteiger partial charge in [0.15, 0.2) is 0 Å². The fourth-order valence-electron chi connectivity index (χ4n) is 2.44. The minimum atomic E-state index is 0.862. The third kappa shape index (κ3) is 3.59. The zero-order valence-electron chi connectivity index (χ0n) is 11.3. The third-order valence-corrected chi connectivity index (χ3v) is 5.07. The van der Waals surface area contributed by atoms with Crippen LogP contribution in [0.1, 0.15) is 24.0 Å². The van der Waals surface area contributed by atoms with Crippen molar-refractivity contribution in [1.29, 1.82) is 0 Å². The number of anilines is 1. The monoisotopic (exact) mass is 351 g/mol. The van der Waals surface area contributed by atoms with Crippen LogP contribution in [0.15, 0.2) is 33.6 Å². The molecule has 0 amide bonds. The highest BCUT2D eigenvalue weighted by Crippen LogP contribution is 2.20. The van der Waals surface area contributed by atoms with E-state index in [1.807, 2.05) is 6.20 Å². The van der Waals surface area contributed by atoms with Crippen molar-refractivity contribution < 1.29 is 0 Å². The van der Waals surface area contributed by atoms with Gasteiger partial charge in [0.05, 0.1) is 3.79 Å². The Labute approximate surface area is 132 Å². The van der Waals surface area contributed by atoms with Crippen molar-refractivity contribution in [2.45, 2.75) is 25.9 Å². The van der Waals surface area contributed by atoms with E-state index >= 15 is 0 Å². The molecule has 0 radical (unpaired) electrons. The van der Waals surface area contributed by atoms with Crippen LogP contribution in [0.25, 0.3) is 0 Å². The zero-order valence-corrected chi connectivity index (χ0v) is 13.7. The van der Waals surface area contributed by atoms with E-state index in [4.69, 9.17) is 0 Å². The molecule has 1 N–H and O–H groups in total. The molecule has 0 bridgehead atoms. The molecule has 3 heterocycles. The lowest BCUT2D eigenvalue weighted by Crippen LogP contribution is -2.19. The molecule has 106 valence electrons. The summed E-state index contributed by atoms with van der Waals surface area (Å²) in [4.78, 5) is 6.93. The normalized spacial score (nSPS) is 14.9. The Kier molecular flexibility index (Phi) is 4.70. The molecule has 0 aromatic carbocycles. The molecule has 5 heteroatoms. The molecule has 1 aliphatic heterocycles. The van der Waals surface area contributed by atoms with Crippen LogP contribution in [-0.2, 0) is 13.1 Å². The van der Waals surface area contributed by atoms with Gasteiger partial charge in [0, 0.05) is 32.4 Å². The van der Waals surface area contributed by atoms with Crippen molar-refractivity contribution in [3.05, 3.63) is 44.7 Å². The summed E-state index contributed by atoms with van der Waals surface area (Å²) in [5.74, 6) is 1.12. The minimum absolute atomic E-state index is 0.862. The molecule has 0 spiro atoms. The SMILES string of the molecule is Brc1cc(CNCc2ccc(N3CCCC3)nc2)cs1. The summed E-state index contributed by atoms with van der Waals surface area (Å²) < 4.78 is 1.19. The van der Waals surface area contributed by atoms with E-state index < -0.39 is 0 Å². The number of nitrogens with zero attached hydrogens (tertiary/aromatic N) is 2. The van der Waals surface area contributed by atoms with Gasteiger partial charge in [-0.25, -0.2) is 4.98 Å². The second kappa shape index (κ2) is 6.70. The fourth-order valence-corrected chi connectivity index (χ4v) is 3.65. The molecule has 20 heavy (non-hydrogen) atoms. The van der Waals surface area contributed by atoms with Crippen molar-refractivity contribution in [2.24, 2.45) is 0 Å². The number of pyridine rings is 1. The second-order valence-corrected chi connectivity index (χ2v) is 7.37. The lowest BCUT2D eigenvalue weighted by atomic mass is 10.2. The molecule has 2 aromatic heterocycles.